The van der Waals surface area contributed by atoms with E-state index in [9.17, 15) is 0 Å². The molecule has 1 atom stereocenters. The van der Waals surface area contributed by atoms with Gasteiger partial charge in [-0.25, -0.2) is 0 Å². The van der Waals surface area contributed by atoms with Crippen molar-refractivity contribution in [2.45, 2.75) is 12.6 Å². The second kappa shape index (κ2) is 8.01. The van der Waals surface area contributed by atoms with Crippen molar-refractivity contribution in [3.05, 3.63) is 56.8 Å². The first kappa shape index (κ1) is 12.9. The molecule has 17 heavy (non-hydrogen) atoms. The number of benzene rings is 1. The van der Waals surface area contributed by atoms with Crippen LogP contribution in [-0.2, 0) is 11.3 Å². The van der Waals surface area contributed by atoms with E-state index in [-0.39, 0.29) is 13.2 Å². The molecule has 1 aromatic rings. The maximum absolute atomic E-state index is 8.32. The van der Waals surface area contributed by atoms with Crippen LogP contribution in [0.5, 0.6) is 0 Å². The maximum Gasteiger partial charge on any atom is 0.0716 e. The quantitative estimate of drug-likeness (QED) is 0.401. The molecule has 0 N–H and O–H groups in total. The number of azide groups is 2. The predicted octanol–water partition coefficient (Wildman–Crippen LogP) is 3.19. The van der Waals surface area contributed by atoms with Gasteiger partial charge in [-0.2, -0.15) is 0 Å². The summed E-state index contributed by atoms with van der Waals surface area (Å²) in [5.41, 5.74) is 17.5. The number of ether oxygens (including phenoxy) is 1. The Morgan fingerprint density at radius 1 is 1.18 bits per heavy atom. The molecular formula is C10H12N6O. The molecule has 88 valence electrons. The molecule has 0 radical (unpaired) electrons. The first-order valence-corrected chi connectivity index (χ1v) is 5.03. The minimum atomic E-state index is -0.459. The van der Waals surface area contributed by atoms with Crippen molar-refractivity contribution >= 4 is 0 Å². The van der Waals surface area contributed by atoms with Crippen molar-refractivity contribution in [2.24, 2.45) is 10.2 Å². The van der Waals surface area contributed by atoms with Crippen LogP contribution in [0.4, 0.5) is 0 Å². The van der Waals surface area contributed by atoms with E-state index in [4.69, 9.17) is 15.8 Å². The first-order valence-electron chi connectivity index (χ1n) is 5.03. The Kier molecular flexibility index (Phi) is 6.06. The van der Waals surface area contributed by atoms with Crippen LogP contribution in [0.15, 0.2) is 40.6 Å². The molecule has 0 aliphatic heterocycles. The molecule has 1 rings (SSSR count). The van der Waals surface area contributed by atoms with E-state index in [1.165, 1.54) is 0 Å². The number of nitrogens with zero attached hydrogens (tertiary/aromatic N) is 6. The minimum Gasteiger partial charge on any atom is -0.376 e. The predicted molar refractivity (Wildman–Crippen MR) is 63.0 cm³/mol. The van der Waals surface area contributed by atoms with Gasteiger partial charge in [0.05, 0.1) is 19.3 Å². The Labute approximate surface area is 98.3 Å². The van der Waals surface area contributed by atoms with Crippen LogP contribution in [0.25, 0.3) is 20.9 Å². The Morgan fingerprint density at radius 2 is 1.94 bits per heavy atom. The van der Waals surface area contributed by atoms with Crippen molar-refractivity contribution in [3.63, 3.8) is 0 Å². The summed E-state index contributed by atoms with van der Waals surface area (Å²) in [5.74, 6) is 0. The Bertz CT molecular complexity index is 422. The van der Waals surface area contributed by atoms with Gasteiger partial charge in [-0.05, 0) is 16.6 Å². The SMILES string of the molecule is [N-]=[N+]=NCC(COCc1ccccc1)N=[N+]=[N-]. The largest absolute Gasteiger partial charge is 0.376 e. The number of hydrogen-bond acceptors (Lipinski definition) is 3. The molecule has 7 nitrogen and oxygen atoms in total. The van der Waals surface area contributed by atoms with Gasteiger partial charge in [0.2, 0.25) is 0 Å². The Balaban J connectivity index is 2.36. The van der Waals surface area contributed by atoms with E-state index in [0.29, 0.717) is 6.61 Å². The number of hydrogen-bond donors (Lipinski definition) is 0. The fourth-order valence-electron chi connectivity index (χ4n) is 1.21. The third-order valence-corrected chi connectivity index (χ3v) is 1.99. The highest BCUT2D eigenvalue weighted by Crippen LogP contribution is 2.02. The molecular weight excluding hydrogens is 220 g/mol. The van der Waals surface area contributed by atoms with Crippen LogP contribution in [0.2, 0.25) is 0 Å². The monoisotopic (exact) mass is 232 g/mol. The summed E-state index contributed by atoms with van der Waals surface area (Å²) in [5, 5.41) is 6.84. The summed E-state index contributed by atoms with van der Waals surface area (Å²) in [6, 6.07) is 9.19. The number of rotatable bonds is 7. The Morgan fingerprint density at radius 3 is 2.59 bits per heavy atom. The standard InChI is InChI=1S/C10H12N6O/c11-15-13-6-10(14-16-12)8-17-7-9-4-2-1-3-5-9/h1-5,10H,6-8H2. The van der Waals surface area contributed by atoms with Gasteiger partial charge in [-0.15, -0.1) is 0 Å². The van der Waals surface area contributed by atoms with Gasteiger partial charge in [-0.3, -0.25) is 0 Å². The normalized spacial score (nSPS) is 11.1. The molecule has 0 spiro atoms. The van der Waals surface area contributed by atoms with Crippen molar-refractivity contribution in [1.82, 2.24) is 0 Å². The van der Waals surface area contributed by atoms with Crippen LogP contribution < -0.4 is 0 Å². The van der Waals surface area contributed by atoms with E-state index >= 15 is 0 Å². The molecule has 7 heteroatoms. The van der Waals surface area contributed by atoms with Gasteiger partial charge >= 0.3 is 0 Å². The van der Waals surface area contributed by atoms with E-state index in [2.05, 4.69) is 20.1 Å². The smallest absolute Gasteiger partial charge is 0.0716 e. The molecule has 0 bridgehead atoms. The minimum absolute atomic E-state index is 0.106. The molecule has 0 aliphatic carbocycles. The molecule has 0 saturated heterocycles. The van der Waals surface area contributed by atoms with E-state index in [0.717, 1.165) is 5.56 Å². The Hall–Kier alpha value is -2.20. The maximum atomic E-state index is 8.32. The summed E-state index contributed by atoms with van der Waals surface area (Å²) in [4.78, 5) is 5.29. The van der Waals surface area contributed by atoms with E-state index < -0.39 is 6.04 Å². The lowest BCUT2D eigenvalue weighted by Crippen LogP contribution is -2.16. The van der Waals surface area contributed by atoms with Crippen LogP contribution in [0.1, 0.15) is 5.56 Å². The molecule has 1 unspecified atom stereocenters. The van der Waals surface area contributed by atoms with Gasteiger partial charge in [0, 0.05) is 16.4 Å². The average molecular weight is 232 g/mol. The highest BCUT2D eigenvalue weighted by atomic mass is 16.5. The lowest BCUT2D eigenvalue weighted by molar-refractivity contribution is 0.109. The molecule has 0 aromatic heterocycles. The zero-order chi connectivity index (χ0) is 12.3. The van der Waals surface area contributed by atoms with Crippen molar-refractivity contribution in [3.8, 4) is 0 Å². The van der Waals surface area contributed by atoms with Crippen molar-refractivity contribution in [1.29, 1.82) is 0 Å². The van der Waals surface area contributed by atoms with E-state index in [1.54, 1.807) is 0 Å². The summed E-state index contributed by atoms with van der Waals surface area (Å²) >= 11 is 0. The lowest BCUT2D eigenvalue weighted by Gasteiger charge is -2.08. The van der Waals surface area contributed by atoms with Crippen molar-refractivity contribution in [2.75, 3.05) is 13.2 Å². The highest BCUT2D eigenvalue weighted by molar-refractivity contribution is 5.13. The van der Waals surface area contributed by atoms with E-state index in [1.807, 2.05) is 30.3 Å². The first-order chi connectivity index (χ1) is 8.36. The average Bonchev–Trinajstić information content (AvgIpc) is 2.37. The second-order valence-corrected chi connectivity index (χ2v) is 3.27. The third kappa shape index (κ3) is 5.44. The van der Waals surface area contributed by atoms with Gasteiger partial charge in [-0.1, -0.05) is 40.6 Å². The fourth-order valence-corrected chi connectivity index (χ4v) is 1.21. The molecule has 0 amide bonds. The summed E-state index contributed by atoms with van der Waals surface area (Å²) in [6.07, 6.45) is 0. The fraction of sp³-hybridized carbons (Fsp3) is 0.400. The lowest BCUT2D eigenvalue weighted by atomic mass is 10.2. The zero-order valence-electron chi connectivity index (χ0n) is 9.18. The molecule has 0 saturated carbocycles. The molecule has 0 fully saturated rings. The summed E-state index contributed by atoms with van der Waals surface area (Å²) in [7, 11) is 0. The molecule has 1 aromatic carbocycles. The van der Waals surface area contributed by atoms with Crippen LogP contribution in [-0.4, -0.2) is 19.2 Å². The van der Waals surface area contributed by atoms with Gasteiger partial charge in [0.15, 0.2) is 0 Å². The molecule has 0 aliphatic rings. The molecule has 0 heterocycles. The van der Waals surface area contributed by atoms with Crippen LogP contribution in [0.3, 0.4) is 0 Å². The third-order valence-electron chi connectivity index (χ3n) is 1.99. The van der Waals surface area contributed by atoms with Crippen LogP contribution >= 0.6 is 0 Å². The van der Waals surface area contributed by atoms with Gasteiger partial charge in [0.25, 0.3) is 0 Å². The summed E-state index contributed by atoms with van der Waals surface area (Å²) in [6.45, 7) is 0.780. The second-order valence-electron chi connectivity index (χ2n) is 3.27. The van der Waals surface area contributed by atoms with Crippen molar-refractivity contribution < 1.29 is 4.74 Å². The van der Waals surface area contributed by atoms with Crippen LogP contribution in [0, 0.1) is 0 Å². The summed E-state index contributed by atoms with van der Waals surface area (Å²) < 4.78 is 5.38. The van der Waals surface area contributed by atoms with Gasteiger partial charge < -0.3 is 4.74 Å². The highest BCUT2D eigenvalue weighted by Gasteiger charge is 2.05. The van der Waals surface area contributed by atoms with Gasteiger partial charge in [0.1, 0.15) is 0 Å². The zero-order valence-corrected chi connectivity index (χ0v) is 9.18. The topological polar surface area (TPSA) is 107 Å².